The van der Waals surface area contributed by atoms with Crippen molar-refractivity contribution in [2.45, 2.75) is 0 Å². The number of carbonyl (C=O) groups is 1. The molecule has 1 aromatic heterocycles. The fourth-order valence-corrected chi connectivity index (χ4v) is 2.25. The molecule has 0 aliphatic rings. The highest BCUT2D eigenvalue weighted by Gasteiger charge is 2.11. The van der Waals surface area contributed by atoms with Crippen LogP contribution in [0.15, 0.2) is 67.1 Å². The molecule has 0 fully saturated rings. The van der Waals surface area contributed by atoms with Crippen molar-refractivity contribution in [3.63, 3.8) is 0 Å². The van der Waals surface area contributed by atoms with Gasteiger partial charge in [0.25, 0.3) is 5.91 Å². The number of aromatic nitrogens is 2. The Labute approximate surface area is 139 Å². The number of nitrogens with zero attached hydrogens (tertiary/aromatic N) is 3. The van der Waals surface area contributed by atoms with Gasteiger partial charge < -0.3 is 15.3 Å². The molecule has 0 atom stereocenters. The summed E-state index contributed by atoms with van der Waals surface area (Å²) in [6.07, 6.45) is 4.80. The molecule has 0 radical (unpaired) electrons. The van der Waals surface area contributed by atoms with E-state index in [1.807, 2.05) is 13.1 Å². The van der Waals surface area contributed by atoms with Crippen molar-refractivity contribution in [2.75, 3.05) is 17.3 Å². The van der Waals surface area contributed by atoms with E-state index in [0.717, 1.165) is 0 Å². The first-order valence-corrected chi connectivity index (χ1v) is 7.34. The number of benzene rings is 2. The zero-order valence-corrected chi connectivity index (χ0v) is 13.0. The minimum absolute atomic E-state index is 0.0478. The molecule has 1 heterocycles. The highest BCUT2D eigenvalue weighted by atomic mass is 16.3. The van der Waals surface area contributed by atoms with E-state index in [1.54, 1.807) is 59.9 Å². The summed E-state index contributed by atoms with van der Waals surface area (Å²) in [5.41, 5.74) is 1.72. The van der Waals surface area contributed by atoms with Gasteiger partial charge in [0.15, 0.2) is 5.82 Å². The fraction of sp³-hybridized carbons (Fsp3) is 0.0556. The predicted molar refractivity (Wildman–Crippen MR) is 92.6 cm³/mol. The molecule has 0 bridgehead atoms. The number of hydrogen-bond acceptors (Lipinski definition) is 5. The lowest BCUT2D eigenvalue weighted by Gasteiger charge is -2.19. The molecule has 0 spiro atoms. The lowest BCUT2D eigenvalue weighted by molar-refractivity contribution is 0.102. The van der Waals surface area contributed by atoms with Crippen molar-refractivity contribution in [3.05, 3.63) is 72.7 Å². The number of phenols is 1. The van der Waals surface area contributed by atoms with Crippen LogP contribution in [0, 0.1) is 0 Å². The lowest BCUT2D eigenvalue weighted by Crippen LogP contribution is -2.14. The molecule has 2 N–H and O–H groups in total. The molecule has 120 valence electrons. The molecule has 24 heavy (non-hydrogen) atoms. The molecule has 0 aliphatic heterocycles. The van der Waals surface area contributed by atoms with Gasteiger partial charge in [0.05, 0.1) is 6.20 Å². The lowest BCUT2D eigenvalue weighted by atomic mass is 10.2. The molecular weight excluding hydrogens is 304 g/mol. The van der Waals surface area contributed by atoms with Crippen molar-refractivity contribution in [2.24, 2.45) is 0 Å². The molecule has 0 unspecified atom stereocenters. The topological polar surface area (TPSA) is 78.4 Å². The van der Waals surface area contributed by atoms with Crippen molar-refractivity contribution in [1.82, 2.24) is 9.97 Å². The van der Waals surface area contributed by atoms with E-state index in [2.05, 4.69) is 15.3 Å². The summed E-state index contributed by atoms with van der Waals surface area (Å²) in [5.74, 6) is 0.435. The monoisotopic (exact) mass is 320 g/mol. The van der Waals surface area contributed by atoms with E-state index in [4.69, 9.17) is 0 Å². The number of phenolic OH excluding ortho intramolecular Hbond substituents is 1. The minimum atomic E-state index is -0.241. The summed E-state index contributed by atoms with van der Waals surface area (Å²) >= 11 is 0. The van der Waals surface area contributed by atoms with Gasteiger partial charge in [-0.15, -0.1) is 0 Å². The Kier molecular flexibility index (Phi) is 4.38. The third-order valence-corrected chi connectivity index (χ3v) is 3.48. The first kappa shape index (κ1) is 15.5. The minimum Gasteiger partial charge on any atom is -0.508 e. The number of aromatic hydroxyl groups is 1. The smallest absolute Gasteiger partial charge is 0.255 e. The normalized spacial score (nSPS) is 10.2. The Bertz CT molecular complexity index is 838. The summed E-state index contributed by atoms with van der Waals surface area (Å²) in [5, 5.41) is 12.7. The summed E-state index contributed by atoms with van der Waals surface area (Å²) in [6.45, 7) is 0. The highest BCUT2D eigenvalue weighted by Crippen LogP contribution is 2.29. The van der Waals surface area contributed by atoms with Crippen molar-refractivity contribution in [3.8, 4) is 5.75 Å². The van der Waals surface area contributed by atoms with Gasteiger partial charge in [-0.2, -0.15) is 0 Å². The van der Waals surface area contributed by atoms with Gasteiger partial charge in [-0.25, -0.2) is 4.98 Å². The highest BCUT2D eigenvalue weighted by molar-refractivity contribution is 6.04. The van der Waals surface area contributed by atoms with E-state index < -0.39 is 0 Å². The number of nitrogens with one attached hydrogen (secondary N) is 1. The third kappa shape index (κ3) is 3.49. The van der Waals surface area contributed by atoms with Crippen LogP contribution >= 0.6 is 0 Å². The maximum Gasteiger partial charge on any atom is 0.255 e. The van der Waals surface area contributed by atoms with E-state index in [-0.39, 0.29) is 11.7 Å². The maximum absolute atomic E-state index is 12.2. The van der Waals surface area contributed by atoms with Gasteiger partial charge >= 0.3 is 0 Å². The second-order valence-electron chi connectivity index (χ2n) is 5.18. The molecule has 6 nitrogen and oxygen atoms in total. The molecule has 3 aromatic rings. The fourth-order valence-electron chi connectivity index (χ4n) is 2.25. The summed E-state index contributed by atoms with van der Waals surface area (Å²) in [6, 6.07) is 13.7. The number of hydrogen-bond donors (Lipinski definition) is 2. The van der Waals surface area contributed by atoms with Crippen LogP contribution in [-0.4, -0.2) is 28.0 Å². The Morgan fingerprint density at radius 3 is 2.62 bits per heavy atom. The number of carbonyl (C=O) groups excluding carboxylic acids is 1. The molecule has 1 amide bonds. The predicted octanol–water partition coefficient (Wildman–Crippen LogP) is 3.20. The first-order chi connectivity index (χ1) is 11.6. The second-order valence-corrected chi connectivity index (χ2v) is 5.18. The number of rotatable bonds is 4. The maximum atomic E-state index is 12.2. The molecular formula is C18H16N4O2. The first-order valence-electron chi connectivity index (χ1n) is 7.34. The molecule has 0 saturated carbocycles. The molecule has 0 aliphatic carbocycles. The van der Waals surface area contributed by atoms with Gasteiger partial charge in [0, 0.05) is 48.5 Å². The van der Waals surface area contributed by atoms with Gasteiger partial charge in [-0.1, -0.05) is 18.2 Å². The molecule has 2 aromatic carbocycles. The Morgan fingerprint density at radius 1 is 1.12 bits per heavy atom. The van der Waals surface area contributed by atoms with Crippen molar-refractivity contribution < 1.29 is 9.90 Å². The van der Waals surface area contributed by atoms with E-state index in [1.165, 1.54) is 6.07 Å². The van der Waals surface area contributed by atoms with E-state index in [9.17, 15) is 9.90 Å². The number of amides is 1. The quantitative estimate of drug-likeness (QED) is 0.772. The third-order valence-electron chi connectivity index (χ3n) is 3.48. The van der Waals surface area contributed by atoms with Crippen molar-refractivity contribution >= 4 is 23.1 Å². The van der Waals surface area contributed by atoms with Gasteiger partial charge in [-0.05, 0) is 18.2 Å². The van der Waals surface area contributed by atoms with Gasteiger partial charge in [-0.3, -0.25) is 9.78 Å². The van der Waals surface area contributed by atoms with Crippen LogP contribution in [0.5, 0.6) is 5.75 Å². The number of anilines is 3. The summed E-state index contributed by atoms with van der Waals surface area (Å²) in [7, 11) is 1.81. The van der Waals surface area contributed by atoms with Crippen LogP contribution in [-0.2, 0) is 0 Å². The standard InChI is InChI=1S/C18H16N4O2/c1-22(17-12-19-7-8-20-17)15-9-14(10-16(23)11-15)21-18(24)13-5-3-2-4-6-13/h2-12,23H,1H3,(H,21,24). The average Bonchev–Trinajstić information content (AvgIpc) is 2.62. The van der Waals surface area contributed by atoms with Gasteiger partial charge in [0.1, 0.15) is 5.75 Å². The Morgan fingerprint density at radius 2 is 1.92 bits per heavy atom. The van der Waals surface area contributed by atoms with Crippen LogP contribution in [0.1, 0.15) is 10.4 Å². The van der Waals surface area contributed by atoms with Crippen LogP contribution in [0.25, 0.3) is 0 Å². The van der Waals surface area contributed by atoms with E-state index >= 15 is 0 Å². The average molecular weight is 320 g/mol. The Hall–Kier alpha value is -3.41. The zero-order chi connectivity index (χ0) is 16.9. The largest absolute Gasteiger partial charge is 0.508 e. The van der Waals surface area contributed by atoms with Crippen molar-refractivity contribution in [1.29, 1.82) is 0 Å². The van der Waals surface area contributed by atoms with Crippen LogP contribution in [0.3, 0.4) is 0 Å². The summed E-state index contributed by atoms with van der Waals surface area (Å²) in [4.78, 5) is 22.3. The Balaban J connectivity index is 1.85. The second kappa shape index (κ2) is 6.78. The van der Waals surface area contributed by atoms with Crippen LogP contribution < -0.4 is 10.2 Å². The zero-order valence-electron chi connectivity index (χ0n) is 13.0. The van der Waals surface area contributed by atoms with E-state index in [0.29, 0.717) is 22.8 Å². The molecule has 6 heteroatoms. The summed E-state index contributed by atoms with van der Waals surface area (Å²) < 4.78 is 0. The van der Waals surface area contributed by atoms with Gasteiger partial charge in [0.2, 0.25) is 0 Å². The SMILES string of the molecule is CN(c1cc(O)cc(NC(=O)c2ccccc2)c1)c1cnccn1. The van der Waals surface area contributed by atoms with Crippen LogP contribution in [0.2, 0.25) is 0 Å². The molecule has 3 rings (SSSR count). The van der Waals surface area contributed by atoms with Crippen LogP contribution in [0.4, 0.5) is 17.2 Å². The molecule has 0 saturated heterocycles.